The van der Waals surface area contributed by atoms with E-state index in [1.807, 2.05) is 41.3 Å². The summed E-state index contributed by atoms with van der Waals surface area (Å²) in [5, 5.41) is 34.0. The Morgan fingerprint density at radius 3 is 2.39 bits per heavy atom. The first-order valence-electron chi connectivity index (χ1n) is 16.9. The lowest BCUT2D eigenvalue weighted by molar-refractivity contribution is 0.0142. The molecule has 6 N–H and O–H groups in total. The molecule has 15 heteroatoms. The third kappa shape index (κ3) is 7.39. The van der Waals surface area contributed by atoms with E-state index in [0.29, 0.717) is 54.7 Å². The number of benzene rings is 2. The van der Waals surface area contributed by atoms with Gasteiger partial charge in [0.1, 0.15) is 12.2 Å². The monoisotopic (exact) mass is 692 g/mol. The fourth-order valence-corrected chi connectivity index (χ4v) is 6.90. The number of pyridine rings is 1. The number of ether oxygens (including phenoxy) is 1. The first-order valence-corrected chi connectivity index (χ1v) is 16.9. The molecule has 2 aromatic carbocycles. The molecule has 1 saturated carbocycles. The molecule has 51 heavy (non-hydrogen) atoms. The maximum Gasteiger partial charge on any atom is 0.407 e. The normalized spacial score (nSPS) is 21.5. The van der Waals surface area contributed by atoms with Crippen LogP contribution in [0.5, 0.6) is 0 Å². The molecule has 2 aliphatic rings. The third-order valence-corrected chi connectivity index (χ3v) is 9.51. The molecule has 0 radical (unpaired) electrons. The summed E-state index contributed by atoms with van der Waals surface area (Å²) in [7, 11) is 1.24. The fourth-order valence-electron chi connectivity index (χ4n) is 6.90. The van der Waals surface area contributed by atoms with Crippen LogP contribution in [0.3, 0.4) is 0 Å². The van der Waals surface area contributed by atoms with Crippen molar-refractivity contribution in [1.82, 2.24) is 35.1 Å². The minimum absolute atomic E-state index is 0.00130. The number of nitrogens with zero attached hydrogens (tertiary/aromatic N) is 6. The van der Waals surface area contributed by atoms with Gasteiger partial charge in [0.25, 0.3) is 0 Å². The Balaban J connectivity index is 1.19. The Morgan fingerprint density at radius 2 is 1.71 bits per heavy atom. The van der Waals surface area contributed by atoms with Gasteiger partial charge in [-0.25, -0.2) is 14.6 Å². The number of hydrogen-bond acceptors (Lipinski definition) is 11. The van der Waals surface area contributed by atoms with Gasteiger partial charge >= 0.3 is 12.1 Å². The van der Waals surface area contributed by atoms with E-state index in [1.54, 1.807) is 35.4 Å². The predicted octanol–water partition coefficient (Wildman–Crippen LogP) is 3.26. The van der Waals surface area contributed by atoms with Gasteiger partial charge in [0.05, 0.1) is 37.4 Å². The number of carbonyl (C=O) groups is 2. The first kappa shape index (κ1) is 33.7. The average molecular weight is 693 g/mol. The van der Waals surface area contributed by atoms with Gasteiger partial charge in [-0.15, -0.1) is 0 Å². The zero-order valence-electron chi connectivity index (χ0n) is 28.0. The Kier molecular flexibility index (Phi) is 9.90. The second-order valence-electron chi connectivity index (χ2n) is 12.7. The molecule has 2 fully saturated rings. The van der Waals surface area contributed by atoms with Crippen LogP contribution in [0.15, 0.2) is 91.5 Å². The highest BCUT2D eigenvalue weighted by Gasteiger charge is 2.44. The Bertz CT molecular complexity index is 1910. The molecule has 5 aromatic rings. The van der Waals surface area contributed by atoms with Crippen molar-refractivity contribution in [2.45, 2.75) is 49.1 Å². The lowest BCUT2D eigenvalue weighted by Gasteiger charge is -2.22. The summed E-state index contributed by atoms with van der Waals surface area (Å²) in [6.07, 6.45) is 2.55. The highest BCUT2D eigenvalue weighted by atomic mass is 16.5. The largest absolute Gasteiger partial charge is 0.453 e. The van der Waals surface area contributed by atoms with E-state index >= 15 is 0 Å². The Morgan fingerprint density at radius 1 is 0.961 bits per heavy atom. The van der Waals surface area contributed by atoms with Gasteiger partial charge in [0, 0.05) is 37.8 Å². The Hall–Kier alpha value is -5.80. The molecule has 7 rings (SSSR count). The maximum atomic E-state index is 12.8. The molecule has 3 amide bonds. The second kappa shape index (κ2) is 15.0. The SMILES string of the molecule is COC(=O)N[C@H]1CC(n2cnc3c(NCC(c4ccccc4)c4ccccc4)nc(N4CC[C@@H](NC(=O)Nc5cccnc5)C4)nc32)[C@H](O)[C@@H]1O. The number of aliphatic hydroxyl groups excluding tert-OH is 2. The summed E-state index contributed by atoms with van der Waals surface area (Å²) in [6.45, 7) is 1.55. The van der Waals surface area contributed by atoms with Gasteiger partial charge in [-0.05, 0) is 36.1 Å². The highest BCUT2D eigenvalue weighted by molar-refractivity contribution is 5.89. The fraction of sp³-hybridized carbons (Fsp3) is 0.333. The number of rotatable bonds is 10. The molecular weight excluding hydrogens is 652 g/mol. The van der Waals surface area contributed by atoms with E-state index in [2.05, 4.69) is 50.5 Å². The quantitative estimate of drug-likeness (QED) is 0.126. The molecular formula is C36H40N10O5. The number of amides is 3. The van der Waals surface area contributed by atoms with Crippen molar-refractivity contribution in [3.8, 4) is 0 Å². The summed E-state index contributed by atoms with van der Waals surface area (Å²) >= 11 is 0. The molecule has 5 atom stereocenters. The minimum atomic E-state index is -1.23. The van der Waals surface area contributed by atoms with E-state index in [9.17, 15) is 19.8 Å². The zero-order valence-corrected chi connectivity index (χ0v) is 28.0. The average Bonchev–Trinajstić information content (AvgIpc) is 3.87. The van der Waals surface area contributed by atoms with Gasteiger partial charge in [-0.2, -0.15) is 9.97 Å². The van der Waals surface area contributed by atoms with Crippen LogP contribution in [0, 0.1) is 0 Å². The number of nitrogens with one attached hydrogen (secondary N) is 4. The molecule has 1 unspecified atom stereocenters. The summed E-state index contributed by atoms with van der Waals surface area (Å²) in [5.74, 6) is 0.934. The van der Waals surface area contributed by atoms with Gasteiger partial charge in [-0.1, -0.05) is 60.7 Å². The van der Waals surface area contributed by atoms with Gasteiger partial charge in [0.15, 0.2) is 17.0 Å². The van der Waals surface area contributed by atoms with Crippen molar-refractivity contribution < 1.29 is 24.5 Å². The zero-order chi connectivity index (χ0) is 35.3. The van der Waals surface area contributed by atoms with Crippen LogP contribution in [0.2, 0.25) is 0 Å². The van der Waals surface area contributed by atoms with Gasteiger partial charge < -0.3 is 45.7 Å². The van der Waals surface area contributed by atoms with E-state index in [0.717, 1.165) is 11.1 Å². The Labute approximate surface area is 294 Å². The number of methoxy groups -OCH3 is 1. The second-order valence-corrected chi connectivity index (χ2v) is 12.7. The number of carbonyl (C=O) groups excluding carboxylic acids is 2. The summed E-state index contributed by atoms with van der Waals surface area (Å²) in [6, 6.07) is 22.1. The first-order chi connectivity index (χ1) is 24.9. The summed E-state index contributed by atoms with van der Waals surface area (Å²) in [4.78, 5) is 45.4. The van der Waals surface area contributed by atoms with E-state index < -0.39 is 30.4 Å². The summed E-state index contributed by atoms with van der Waals surface area (Å²) < 4.78 is 6.46. The predicted molar refractivity (Wildman–Crippen MR) is 191 cm³/mol. The smallest absolute Gasteiger partial charge is 0.407 e. The minimum Gasteiger partial charge on any atom is -0.453 e. The molecule has 1 saturated heterocycles. The number of aliphatic hydroxyl groups is 2. The molecule has 3 aromatic heterocycles. The van der Waals surface area contributed by atoms with E-state index in [-0.39, 0.29) is 24.4 Å². The third-order valence-electron chi connectivity index (χ3n) is 9.51. The van der Waals surface area contributed by atoms with Crippen molar-refractivity contribution in [2.75, 3.05) is 42.3 Å². The molecule has 264 valence electrons. The van der Waals surface area contributed by atoms with Crippen LogP contribution in [-0.4, -0.2) is 97.9 Å². The van der Waals surface area contributed by atoms with E-state index in [4.69, 9.17) is 19.7 Å². The van der Waals surface area contributed by atoms with Crippen molar-refractivity contribution in [2.24, 2.45) is 0 Å². The molecule has 0 spiro atoms. The lowest BCUT2D eigenvalue weighted by Crippen LogP contribution is -2.43. The lowest BCUT2D eigenvalue weighted by atomic mass is 9.91. The molecule has 15 nitrogen and oxygen atoms in total. The van der Waals surface area contributed by atoms with Gasteiger partial charge in [0.2, 0.25) is 5.95 Å². The number of hydrogen-bond donors (Lipinski definition) is 6. The number of anilines is 3. The van der Waals surface area contributed by atoms with E-state index in [1.165, 1.54) is 7.11 Å². The maximum absolute atomic E-state index is 12.8. The number of fused-ring (bicyclic) bond motifs is 1. The van der Waals surface area contributed by atoms with Crippen molar-refractivity contribution >= 4 is 40.7 Å². The van der Waals surface area contributed by atoms with Crippen molar-refractivity contribution in [1.29, 1.82) is 0 Å². The van der Waals surface area contributed by atoms with Crippen molar-refractivity contribution in [3.05, 3.63) is 103 Å². The standard InChI is InChI=1S/C36H40N10O5/c1-51-36(50)42-27-17-28(31(48)30(27)47)46-21-39-29-32(38-19-26(22-9-4-2-5-10-22)23-11-6-3-7-12-23)43-34(44-33(29)46)45-16-14-25(20-45)41-35(49)40-24-13-8-15-37-18-24/h2-13,15,18,21,25-28,30-31,47-48H,14,16-17,19-20H2,1H3,(H,42,50)(H,38,43,44)(H2,40,41,49)/t25-,27+,28?,30-,31+/m1/s1. The number of urea groups is 1. The molecule has 4 heterocycles. The van der Waals surface area contributed by atoms with Crippen LogP contribution in [0.25, 0.3) is 11.2 Å². The molecule has 1 aliphatic carbocycles. The topological polar surface area (TPSA) is 192 Å². The number of alkyl carbamates (subject to hydrolysis) is 1. The van der Waals surface area contributed by atoms with Crippen molar-refractivity contribution in [3.63, 3.8) is 0 Å². The van der Waals surface area contributed by atoms with Gasteiger partial charge in [-0.3, -0.25) is 4.98 Å². The number of aromatic nitrogens is 5. The van der Waals surface area contributed by atoms with Crippen LogP contribution >= 0.6 is 0 Å². The number of imidazole rings is 1. The van der Waals surface area contributed by atoms with Crippen LogP contribution in [-0.2, 0) is 4.74 Å². The van der Waals surface area contributed by atoms with Crippen LogP contribution in [0.1, 0.15) is 35.9 Å². The molecule has 1 aliphatic heterocycles. The summed E-state index contributed by atoms with van der Waals surface area (Å²) in [5.41, 5.74) is 3.82. The molecule has 0 bridgehead atoms. The highest BCUT2D eigenvalue weighted by Crippen LogP contribution is 2.35. The van der Waals surface area contributed by atoms with Crippen LogP contribution < -0.4 is 26.2 Å². The van der Waals surface area contributed by atoms with Crippen LogP contribution in [0.4, 0.5) is 27.0 Å².